The zero-order valence-corrected chi connectivity index (χ0v) is 12.1. The highest BCUT2D eigenvalue weighted by Gasteiger charge is 2.12. The van der Waals surface area contributed by atoms with E-state index < -0.39 is 8.07 Å². The van der Waals surface area contributed by atoms with Crippen molar-refractivity contribution in [1.29, 1.82) is 5.26 Å². The number of aryl methyl sites for hydroxylation is 1. The quantitative estimate of drug-likeness (QED) is 0.624. The van der Waals surface area contributed by atoms with Gasteiger partial charge in [-0.05, 0) is 13.0 Å². The van der Waals surface area contributed by atoms with Crippen LogP contribution in [0.5, 0.6) is 0 Å². The van der Waals surface area contributed by atoms with Crippen LogP contribution in [-0.2, 0) is 17.8 Å². The second kappa shape index (κ2) is 5.99. The molecule has 1 heterocycles. The highest BCUT2D eigenvalue weighted by Crippen LogP contribution is 2.10. The van der Waals surface area contributed by atoms with Crippen molar-refractivity contribution >= 4 is 8.07 Å². The average molecular weight is 251 g/mol. The number of hydrogen-bond acceptors (Lipinski definition) is 3. The number of imidazole rings is 1. The van der Waals surface area contributed by atoms with E-state index in [2.05, 4.69) is 35.7 Å². The Hall–Kier alpha value is -1.12. The summed E-state index contributed by atoms with van der Waals surface area (Å²) in [5, 5.41) is 8.59. The normalized spacial score (nSPS) is 11.5. The van der Waals surface area contributed by atoms with Crippen molar-refractivity contribution < 1.29 is 4.74 Å². The summed E-state index contributed by atoms with van der Waals surface area (Å²) in [5.41, 5.74) is 1.93. The van der Waals surface area contributed by atoms with Crippen LogP contribution in [0, 0.1) is 18.3 Å². The lowest BCUT2D eigenvalue weighted by Gasteiger charge is -2.14. The third-order valence-electron chi connectivity index (χ3n) is 2.52. The van der Waals surface area contributed by atoms with Gasteiger partial charge in [0.25, 0.3) is 0 Å². The number of hydrogen-bond donors (Lipinski definition) is 1. The van der Waals surface area contributed by atoms with Crippen molar-refractivity contribution in [2.24, 2.45) is 0 Å². The second-order valence-corrected chi connectivity index (χ2v) is 11.1. The van der Waals surface area contributed by atoms with Gasteiger partial charge in [-0.15, -0.1) is 0 Å². The van der Waals surface area contributed by atoms with Gasteiger partial charge < -0.3 is 9.72 Å². The van der Waals surface area contributed by atoms with Gasteiger partial charge in [-0.3, -0.25) is 0 Å². The number of nitriles is 1. The molecule has 0 spiro atoms. The Bertz CT molecular complexity index is 401. The van der Waals surface area contributed by atoms with Crippen LogP contribution in [0.1, 0.15) is 17.2 Å². The van der Waals surface area contributed by atoms with Gasteiger partial charge in [0.15, 0.2) is 0 Å². The molecule has 0 fully saturated rings. The molecule has 0 amide bonds. The summed E-state index contributed by atoms with van der Waals surface area (Å²) >= 11 is 0. The maximum absolute atomic E-state index is 8.59. The van der Waals surface area contributed by atoms with Crippen molar-refractivity contribution in [2.75, 3.05) is 6.61 Å². The summed E-state index contributed by atoms with van der Waals surface area (Å²) in [5.74, 6) is 0.730. The molecule has 0 saturated heterocycles. The number of nitrogens with one attached hydrogen (secondary N) is 1. The SMILES string of the molecule is Cc1[nH]c(CC#N)nc1COCC[Si](C)(C)C. The van der Waals surface area contributed by atoms with Crippen molar-refractivity contribution in [3.63, 3.8) is 0 Å². The van der Waals surface area contributed by atoms with Crippen molar-refractivity contribution in [1.82, 2.24) is 9.97 Å². The first-order valence-electron chi connectivity index (χ1n) is 5.91. The fourth-order valence-electron chi connectivity index (χ4n) is 1.41. The van der Waals surface area contributed by atoms with Crippen LogP contribution >= 0.6 is 0 Å². The Morgan fingerprint density at radius 1 is 1.41 bits per heavy atom. The van der Waals surface area contributed by atoms with Gasteiger partial charge in [0.2, 0.25) is 0 Å². The molecule has 0 aliphatic heterocycles. The largest absolute Gasteiger partial charge is 0.375 e. The molecule has 0 aliphatic rings. The van der Waals surface area contributed by atoms with E-state index in [1.165, 1.54) is 6.04 Å². The van der Waals surface area contributed by atoms with Crippen LogP contribution in [-0.4, -0.2) is 24.6 Å². The standard InChI is InChI=1S/C12H21N3OSi/c1-10-11(15-12(14-10)5-6-13)9-16-7-8-17(2,3)4/h5,7-9H2,1-4H3,(H,14,15). The van der Waals surface area contributed by atoms with Crippen LogP contribution in [0.3, 0.4) is 0 Å². The Morgan fingerprint density at radius 3 is 2.71 bits per heavy atom. The van der Waals surface area contributed by atoms with Crippen molar-refractivity contribution in [3.05, 3.63) is 17.2 Å². The molecule has 5 heteroatoms. The topological polar surface area (TPSA) is 61.7 Å². The maximum Gasteiger partial charge on any atom is 0.120 e. The molecule has 0 atom stereocenters. The van der Waals surface area contributed by atoms with Crippen LogP contribution in [0.15, 0.2) is 0 Å². The molecule has 4 nitrogen and oxygen atoms in total. The smallest absolute Gasteiger partial charge is 0.120 e. The highest BCUT2D eigenvalue weighted by molar-refractivity contribution is 6.76. The first-order chi connectivity index (χ1) is 7.92. The minimum atomic E-state index is -1.01. The molecule has 94 valence electrons. The maximum atomic E-state index is 8.59. The fraction of sp³-hybridized carbons (Fsp3) is 0.667. The summed E-state index contributed by atoms with van der Waals surface area (Å²) < 4.78 is 5.64. The number of aromatic nitrogens is 2. The molecule has 17 heavy (non-hydrogen) atoms. The summed E-state index contributed by atoms with van der Waals surface area (Å²) in [6.07, 6.45) is 0.329. The van der Waals surface area contributed by atoms with Gasteiger partial charge in [-0.25, -0.2) is 4.98 Å². The summed E-state index contributed by atoms with van der Waals surface area (Å²) in [6, 6.07) is 3.25. The lowest BCUT2D eigenvalue weighted by molar-refractivity contribution is 0.130. The summed E-state index contributed by atoms with van der Waals surface area (Å²) in [7, 11) is -1.01. The molecular weight excluding hydrogens is 230 g/mol. The first-order valence-corrected chi connectivity index (χ1v) is 9.62. The molecule has 1 rings (SSSR count). The Labute approximate surface area is 104 Å². The van der Waals surface area contributed by atoms with Crippen LogP contribution in [0.2, 0.25) is 25.7 Å². The van der Waals surface area contributed by atoms with E-state index in [0.29, 0.717) is 13.0 Å². The van der Waals surface area contributed by atoms with Gasteiger partial charge in [0, 0.05) is 20.4 Å². The molecule has 0 aliphatic carbocycles. The Morgan fingerprint density at radius 2 is 2.12 bits per heavy atom. The molecule has 0 unspecified atom stereocenters. The lowest BCUT2D eigenvalue weighted by atomic mass is 10.4. The van der Waals surface area contributed by atoms with E-state index in [4.69, 9.17) is 10.00 Å². The monoisotopic (exact) mass is 251 g/mol. The van der Waals surface area contributed by atoms with Gasteiger partial charge in [-0.1, -0.05) is 19.6 Å². The Balaban J connectivity index is 2.39. The minimum absolute atomic E-state index is 0.329. The third-order valence-corrected chi connectivity index (χ3v) is 4.22. The second-order valence-electron chi connectivity index (χ2n) is 5.45. The number of H-pyrrole nitrogens is 1. The number of nitrogens with zero attached hydrogens (tertiary/aromatic N) is 2. The first kappa shape index (κ1) is 13.9. The lowest BCUT2D eigenvalue weighted by Crippen LogP contribution is -2.21. The number of ether oxygens (including phenoxy) is 1. The van der Waals surface area contributed by atoms with E-state index in [9.17, 15) is 0 Å². The van der Waals surface area contributed by atoms with Gasteiger partial charge in [0.05, 0.1) is 24.8 Å². The van der Waals surface area contributed by atoms with Crippen LogP contribution in [0.4, 0.5) is 0 Å². The van der Waals surface area contributed by atoms with Crippen molar-refractivity contribution in [2.45, 2.75) is 45.6 Å². The average Bonchev–Trinajstić information content (AvgIpc) is 2.53. The fourth-order valence-corrected chi connectivity index (χ4v) is 2.17. The molecular formula is C12H21N3OSi. The third kappa shape index (κ3) is 5.15. The molecule has 1 aromatic heterocycles. The zero-order chi connectivity index (χ0) is 12.9. The van der Waals surface area contributed by atoms with E-state index >= 15 is 0 Å². The number of rotatable bonds is 6. The van der Waals surface area contributed by atoms with E-state index in [-0.39, 0.29) is 0 Å². The van der Waals surface area contributed by atoms with Crippen LogP contribution in [0.25, 0.3) is 0 Å². The van der Waals surface area contributed by atoms with E-state index in [1.807, 2.05) is 6.92 Å². The predicted molar refractivity (Wildman–Crippen MR) is 70.5 cm³/mol. The van der Waals surface area contributed by atoms with Gasteiger partial charge >= 0.3 is 0 Å². The van der Waals surface area contributed by atoms with Gasteiger partial charge in [0.1, 0.15) is 5.82 Å². The molecule has 0 bridgehead atoms. The molecule has 0 radical (unpaired) electrons. The van der Waals surface area contributed by atoms with E-state index in [1.54, 1.807) is 0 Å². The summed E-state index contributed by atoms with van der Waals surface area (Å²) in [6.45, 7) is 10.3. The molecule has 1 N–H and O–H groups in total. The van der Waals surface area contributed by atoms with Gasteiger partial charge in [-0.2, -0.15) is 5.26 Å². The highest BCUT2D eigenvalue weighted by atomic mass is 28.3. The molecule has 0 aromatic carbocycles. The van der Waals surface area contributed by atoms with E-state index in [0.717, 1.165) is 23.8 Å². The number of aromatic amines is 1. The predicted octanol–water partition coefficient (Wildman–Crippen LogP) is 2.64. The van der Waals surface area contributed by atoms with Crippen molar-refractivity contribution in [3.8, 4) is 6.07 Å². The summed E-state index contributed by atoms with van der Waals surface area (Å²) in [4.78, 5) is 7.44. The Kier molecular flexibility index (Phi) is 4.91. The van der Waals surface area contributed by atoms with Crippen LogP contribution < -0.4 is 0 Å². The molecule has 1 aromatic rings. The minimum Gasteiger partial charge on any atom is -0.375 e. The molecule has 0 saturated carbocycles. The zero-order valence-electron chi connectivity index (χ0n) is 11.1.